The maximum Gasteiger partial charge on any atom is 0.326 e. The number of hydrogen-bond acceptors (Lipinski definition) is 7. The second-order valence-electron chi connectivity index (χ2n) is 8.94. The lowest BCUT2D eigenvalue weighted by Crippen LogP contribution is -2.52. The molecule has 0 aromatic heterocycles. The molecule has 0 fully saturated rings. The summed E-state index contributed by atoms with van der Waals surface area (Å²) < 4.78 is 23.6. The third-order valence-corrected chi connectivity index (χ3v) is 7.52. The molecule has 0 heterocycles. The van der Waals surface area contributed by atoms with Gasteiger partial charge in [-0.25, -0.2) is 23.1 Å². The highest BCUT2D eigenvalue weighted by Gasteiger charge is 2.25. The molecule has 9 N–H and O–H groups in total. The molecule has 2 rings (SSSR count). The Labute approximate surface area is 261 Å². The zero-order valence-corrected chi connectivity index (χ0v) is 25.9. The molecule has 0 aliphatic heterocycles. The summed E-state index contributed by atoms with van der Waals surface area (Å²) in [5, 5.41) is 37.0. The number of unbranched alkanes of at least 4 members (excludes halogenated alkanes) is 1. The smallest absolute Gasteiger partial charge is 0.326 e. The molecule has 0 aliphatic rings. The third-order valence-electron chi connectivity index (χ3n) is 5.63. The SMILES string of the molecule is NS(=O)(=O)c1ccc(NC(=S)NCCCC[C@H](NC(=O)N[C@@H](CCC(=O)O)C(=O)Nc2ccc(I)cc2)C(=O)O)cc1. The average Bonchev–Trinajstić information content (AvgIpc) is 2.91. The Balaban J connectivity index is 1.81. The number of amides is 3. The molecule has 3 amide bonds. The first-order valence-corrected chi connectivity index (χ1v) is 15.5. The molecule has 0 aliphatic carbocycles. The summed E-state index contributed by atoms with van der Waals surface area (Å²) in [5.74, 6) is -3.07. The number of thiocarbonyl (C=S) groups is 1. The number of urea groups is 1. The minimum atomic E-state index is -3.81. The van der Waals surface area contributed by atoms with E-state index < -0.39 is 52.4 Å². The molecule has 2 atom stereocenters. The van der Waals surface area contributed by atoms with Crippen molar-refractivity contribution in [1.29, 1.82) is 0 Å². The Bertz CT molecular complexity index is 1370. The number of anilines is 2. The summed E-state index contributed by atoms with van der Waals surface area (Å²) in [7, 11) is -3.81. The Hall–Kier alpha value is -3.55. The Morgan fingerprint density at radius 3 is 2.00 bits per heavy atom. The van der Waals surface area contributed by atoms with Crippen LogP contribution in [-0.4, -0.2) is 66.2 Å². The van der Waals surface area contributed by atoms with E-state index >= 15 is 0 Å². The Morgan fingerprint density at radius 1 is 0.857 bits per heavy atom. The van der Waals surface area contributed by atoms with Gasteiger partial charge in [0, 0.05) is 27.9 Å². The molecule has 17 heteroatoms. The molecular formula is C25H31IN6O8S2. The van der Waals surface area contributed by atoms with Gasteiger partial charge in [-0.3, -0.25) is 9.59 Å². The first kappa shape index (κ1) is 34.7. The lowest BCUT2D eigenvalue weighted by Gasteiger charge is -2.20. The van der Waals surface area contributed by atoms with Crippen molar-refractivity contribution in [2.24, 2.45) is 5.14 Å². The molecule has 0 spiro atoms. The van der Waals surface area contributed by atoms with Crippen LogP contribution in [-0.2, 0) is 24.4 Å². The largest absolute Gasteiger partial charge is 0.481 e. The highest BCUT2D eigenvalue weighted by Crippen LogP contribution is 2.14. The highest BCUT2D eigenvalue weighted by atomic mass is 127. The van der Waals surface area contributed by atoms with E-state index in [2.05, 4.69) is 49.2 Å². The Kier molecular flexibility index (Phi) is 13.8. The average molecular weight is 735 g/mol. The lowest BCUT2D eigenvalue weighted by atomic mass is 10.1. The van der Waals surface area contributed by atoms with E-state index in [4.69, 9.17) is 22.5 Å². The predicted octanol–water partition coefficient (Wildman–Crippen LogP) is 2.02. The zero-order chi connectivity index (χ0) is 31.3. The minimum absolute atomic E-state index is 0.0387. The number of sulfonamides is 1. The van der Waals surface area contributed by atoms with Gasteiger partial charge in [-0.2, -0.15) is 0 Å². The number of halogens is 1. The number of nitrogens with one attached hydrogen (secondary N) is 5. The second-order valence-corrected chi connectivity index (χ2v) is 12.2. The van der Waals surface area contributed by atoms with Crippen LogP contribution in [0.1, 0.15) is 32.1 Å². The number of carboxylic acid groups (broad SMARTS) is 2. The molecule has 0 bridgehead atoms. The molecule has 228 valence electrons. The van der Waals surface area contributed by atoms with E-state index in [0.717, 1.165) is 3.57 Å². The van der Waals surface area contributed by atoms with Crippen LogP contribution in [0.4, 0.5) is 16.2 Å². The van der Waals surface area contributed by atoms with Gasteiger partial charge in [0.1, 0.15) is 12.1 Å². The summed E-state index contributed by atoms with van der Waals surface area (Å²) >= 11 is 7.29. The monoisotopic (exact) mass is 734 g/mol. The van der Waals surface area contributed by atoms with Crippen LogP contribution in [0, 0.1) is 3.57 Å². The number of benzene rings is 2. The number of nitrogens with two attached hydrogens (primary N) is 1. The first-order chi connectivity index (χ1) is 19.7. The summed E-state index contributed by atoms with van der Waals surface area (Å²) in [5.41, 5.74) is 0.990. The normalized spacial score (nSPS) is 12.3. The third kappa shape index (κ3) is 13.0. The quantitative estimate of drug-likeness (QED) is 0.0750. The van der Waals surface area contributed by atoms with Crippen LogP contribution in [0.3, 0.4) is 0 Å². The van der Waals surface area contributed by atoms with Gasteiger partial charge in [0.05, 0.1) is 4.90 Å². The topological polar surface area (TPSA) is 229 Å². The second kappa shape index (κ2) is 16.8. The molecule has 0 unspecified atom stereocenters. The van der Waals surface area contributed by atoms with Crippen molar-refractivity contribution < 1.29 is 37.8 Å². The molecule has 14 nitrogen and oxygen atoms in total. The minimum Gasteiger partial charge on any atom is -0.481 e. The van der Waals surface area contributed by atoms with Gasteiger partial charge in [0.15, 0.2) is 5.11 Å². The van der Waals surface area contributed by atoms with E-state index in [-0.39, 0.29) is 22.8 Å². The summed E-state index contributed by atoms with van der Waals surface area (Å²) in [6.45, 7) is 0.385. The van der Waals surface area contributed by atoms with Crippen molar-refractivity contribution in [2.45, 2.75) is 49.1 Å². The summed E-state index contributed by atoms with van der Waals surface area (Å²) in [4.78, 5) is 48.0. The number of rotatable bonds is 15. The molecule has 2 aromatic rings. The van der Waals surface area contributed by atoms with Gasteiger partial charge in [0.25, 0.3) is 0 Å². The fraction of sp³-hybridized carbons (Fsp3) is 0.320. The van der Waals surface area contributed by atoms with Gasteiger partial charge in [-0.1, -0.05) is 0 Å². The summed E-state index contributed by atoms with van der Waals surface area (Å²) in [6.07, 6.45) is 0.378. The van der Waals surface area contributed by atoms with Crippen molar-refractivity contribution in [1.82, 2.24) is 16.0 Å². The fourth-order valence-electron chi connectivity index (χ4n) is 3.49. The maximum atomic E-state index is 12.7. The number of carbonyl (C=O) groups excluding carboxylic acids is 2. The number of aliphatic carboxylic acids is 2. The van der Waals surface area contributed by atoms with E-state index in [1.165, 1.54) is 24.3 Å². The highest BCUT2D eigenvalue weighted by molar-refractivity contribution is 14.1. The predicted molar refractivity (Wildman–Crippen MR) is 167 cm³/mol. The number of primary sulfonamides is 1. The number of carboxylic acids is 2. The standard InChI is InChI=1S/C25H31IN6O8S2/c26-15-4-6-16(7-5-15)29-22(35)19(12-13-21(33)34)31-24(38)32-20(23(36)37)3-1-2-14-28-25(41)30-17-8-10-18(11-9-17)42(27,39)40/h4-11,19-20H,1-3,12-14H2,(H,29,35)(H,33,34)(H,36,37)(H2,27,39,40)(H2,28,30,41)(H2,31,32,38)/t19-,20-/m0/s1. The first-order valence-electron chi connectivity index (χ1n) is 12.5. The van der Waals surface area contributed by atoms with Crippen LogP contribution in [0.15, 0.2) is 53.4 Å². The molecule has 42 heavy (non-hydrogen) atoms. The van der Waals surface area contributed by atoms with Gasteiger partial charge in [-0.15, -0.1) is 0 Å². The van der Waals surface area contributed by atoms with E-state index in [1.807, 2.05) is 0 Å². The van der Waals surface area contributed by atoms with E-state index in [0.29, 0.717) is 30.8 Å². The molecule has 0 saturated heterocycles. The Morgan fingerprint density at radius 2 is 1.43 bits per heavy atom. The molecule has 0 saturated carbocycles. The summed E-state index contributed by atoms with van der Waals surface area (Å²) in [6, 6.07) is 9.09. The van der Waals surface area contributed by atoms with Crippen LogP contribution < -0.4 is 31.7 Å². The molecule has 0 radical (unpaired) electrons. The van der Waals surface area contributed by atoms with Crippen molar-refractivity contribution in [2.75, 3.05) is 17.2 Å². The zero-order valence-electron chi connectivity index (χ0n) is 22.1. The molecule has 2 aromatic carbocycles. The van der Waals surface area contributed by atoms with Crippen molar-refractivity contribution in [3.63, 3.8) is 0 Å². The number of hydrogen-bond donors (Lipinski definition) is 8. The van der Waals surface area contributed by atoms with Crippen LogP contribution >= 0.6 is 34.8 Å². The van der Waals surface area contributed by atoms with Crippen LogP contribution in [0.2, 0.25) is 0 Å². The maximum absolute atomic E-state index is 12.7. The van der Waals surface area contributed by atoms with E-state index in [9.17, 15) is 32.7 Å². The van der Waals surface area contributed by atoms with Crippen molar-refractivity contribution in [3.05, 3.63) is 52.1 Å². The van der Waals surface area contributed by atoms with Gasteiger partial charge in [-0.05, 0) is 109 Å². The molecular weight excluding hydrogens is 703 g/mol. The lowest BCUT2D eigenvalue weighted by molar-refractivity contribution is -0.139. The van der Waals surface area contributed by atoms with Gasteiger partial charge >= 0.3 is 18.0 Å². The van der Waals surface area contributed by atoms with Crippen LogP contribution in [0.25, 0.3) is 0 Å². The van der Waals surface area contributed by atoms with Gasteiger partial charge < -0.3 is 36.8 Å². The fourth-order valence-corrected chi connectivity index (χ4v) is 4.59. The van der Waals surface area contributed by atoms with E-state index in [1.54, 1.807) is 24.3 Å². The van der Waals surface area contributed by atoms with Crippen molar-refractivity contribution >= 4 is 85.2 Å². The number of carbonyl (C=O) groups is 4. The van der Waals surface area contributed by atoms with Crippen LogP contribution in [0.5, 0.6) is 0 Å². The van der Waals surface area contributed by atoms with Gasteiger partial charge in [0.2, 0.25) is 15.9 Å². The van der Waals surface area contributed by atoms with Crippen molar-refractivity contribution in [3.8, 4) is 0 Å².